The maximum absolute atomic E-state index is 12.9. The van der Waals surface area contributed by atoms with Gasteiger partial charge in [-0.15, -0.1) is 11.3 Å². The minimum absolute atomic E-state index is 0.131. The van der Waals surface area contributed by atoms with Crippen molar-refractivity contribution < 1.29 is 9.59 Å². The highest BCUT2D eigenvalue weighted by molar-refractivity contribution is 7.10. The van der Waals surface area contributed by atoms with E-state index in [1.807, 2.05) is 11.8 Å². The monoisotopic (exact) mass is 306 g/mol. The Morgan fingerprint density at radius 3 is 2.86 bits per heavy atom. The molecule has 0 aliphatic carbocycles. The van der Waals surface area contributed by atoms with Crippen molar-refractivity contribution in [1.82, 2.24) is 9.80 Å². The second kappa shape index (κ2) is 6.18. The third kappa shape index (κ3) is 2.84. The summed E-state index contributed by atoms with van der Waals surface area (Å²) in [5, 5.41) is 2.11. The van der Waals surface area contributed by atoms with Crippen molar-refractivity contribution in [2.45, 2.75) is 51.6 Å². The summed E-state index contributed by atoms with van der Waals surface area (Å²) in [6.07, 6.45) is 4.27. The first-order valence-corrected chi connectivity index (χ1v) is 8.72. The molecule has 1 saturated heterocycles. The number of amides is 2. The smallest absolute Gasteiger partial charge is 0.245 e. The van der Waals surface area contributed by atoms with E-state index in [0.717, 1.165) is 32.4 Å². The van der Waals surface area contributed by atoms with Crippen molar-refractivity contribution in [3.63, 3.8) is 0 Å². The molecule has 2 aliphatic rings. The van der Waals surface area contributed by atoms with Gasteiger partial charge in [0.05, 0.1) is 0 Å². The van der Waals surface area contributed by atoms with Gasteiger partial charge in [0.2, 0.25) is 11.8 Å². The van der Waals surface area contributed by atoms with Gasteiger partial charge in [-0.2, -0.15) is 0 Å². The van der Waals surface area contributed by atoms with Crippen LogP contribution in [0, 0.1) is 0 Å². The molecule has 0 saturated carbocycles. The number of likely N-dealkylation sites (tertiary alicyclic amines) is 1. The van der Waals surface area contributed by atoms with Crippen LogP contribution in [0.1, 0.15) is 43.0 Å². The molecule has 2 aliphatic heterocycles. The van der Waals surface area contributed by atoms with Crippen LogP contribution in [0.25, 0.3) is 0 Å². The van der Waals surface area contributed by atoms with E-state index < -0.39 is 0 Å². The Morgan fingerprint density at radius 1 is 1.33 bits per heavy atom. The second-order valence-corrected chi connectivity index (χ2v) is 6.85. The fourth-order valence-corrected chi connectivity index (χ4v) is 4.31. The Bertz CT molecular complexity index is 540. The number of carbonyl (C=O) groups is 2. The Labute approximate surface area is 129 Å². The number of fused-ring (bicyclic) bond motifs is 1. The highest BCUT2D eigenvalue weighted by atomic mass is 32.1. The van der Waals surface area contributed by atoms with Crippen molar-refractivity contribution in [2.24, 2.45) is 0 Å². The number of hydrogen-bond acceptors (Lipinski definition) is 3. The van der Waals surface area contributed by atoms with Crippen LogP contribution in [0.15, 0.2) is 11.4 Å². The number of aryl methyl sites for hydroxylation is 1. The lowest BCUT2D eigenvalue weighted by molar-refractivity contribution is -0.144. The molecule has 1 atom stereocenters. The third-order valence-corrected chi connectivity index (χ3v) is 5.52. The molecule has 1 fully saturated rings. The largest absolute Gasteiger partial charge is 0.337 e. The average molecular weight is 306 g/mol. The lowest BCUT2D eigenvalue weighted by atomic mass is 10.1. The number of nitrogens with zero attached hydrogens (tertiary/aromatic N) is 2. The average Bonchev–Trinajstić information content (AvgIpc) is 3.04. The van der Waals surface area contributed by atoms with Gasteiger partial charge in [-0.3, -0.25) is 9.59 Å². The molecule has 3 heterocycles. The predicted molar refractivity (Wildman–Crippen MR) is 83.1 cm³/mol. The lowest BCUT2D eigenvalue weighted by Crippen LogP contribution is -2.48. The van der Waals surface area contributed by atoms with E-state index in [-0.39, 0.29) is 17.9 Å². The molecule has 0 bridgehead atoms. The summed E-state index contributed by atoms with van der Waals surface area (Å²) in [5.41, 5.74) is 1.29. The molecule has 2 amide bonds. The van der Waals surface area contributed by atoms with Crippen LogP contribution in [-0.4, -0.2) is 40.7 Å². The van der Waals surface area contributed by atoms with Crippen LogP contribution < -0.4 is 0 Å². The van der Waals surface area contributed by atoms with Gasteiger partial charge in [0.15, 0.2) is 0 Å². The van der Waals surface area contributed by atoms with Crippen molar-refractivity contribution in [3.05, 3.63) is 21.9 Å². The van der Waals surface area contributed by atoms with Crippen LogP contribution in [0.4, 0.5) is 0 Å². The van der Waals surface area contributed by atoms with E-state index in [1.54, 1.807) is 16.2 Å². The van der Waals surface area contributed by atoms with E-state index in [4.69, 9.17) is 0 Å². The molecule has 21 heavy (non-hydrogen) atoms. The Morgan fingerprint density at radius 2 is 2.14 bits per heavy atom. The maximum atomic E-state index is 12.9. The Balaban J connectivity index is 1.75. The van der Waals surface area contributed by atoms with E-state index in [1.165, 1.54) is 10.4 Å². The van der Waals surface area contributed by atoms with Gasteiger partial charge >= 0.3 is 0 Å². The third-order valence-electron chi connectivity index (χ3n) is 4.50. The number of thiophene rings is 1. The fourth-order valence-electron chi connectivity index (χ4n) is 3.37. The molecule has 0 spiro atoms. The molecule has 3 rings (SSSR count). The Hall–Kier alpha value is -1.36. The molecular weight excluding hydrogens is 284 g/mol. The summed E-state index contributed by atoms with van der Waals surface area (Å²) in [6.45, 7) is 4.25. The molecule has 114 valence electrons. The van der Waals surface area contributed by atoms with Crippen molar-refractivity contribution in [3.8, 4) is 0 Å². The van der Waals surface area contributed by atoms with Gasteiger partial charge in [0.1, 0.15) is 6.04 Å². The minimum Gasteiger partial charge on any atom is -0.337 e. The van der Waals surface area contributed by atoms with Crippen LogP contribution >= 0.6 is 11.3 Å². The van der Waals surface area contributed by atoms with Crippen molar-refractivity contribution >= 4 is 23.2 Å². The summed E-state index contributed by atoms with van der Waals surface area (Å²) < 4.78 is 0. The maximum Gasteiger partial charge on any atom is 0.245 e. The van der Waals surface area contributed by atoms with E-state index in [2.05, 4.69) is 11.4 Å². The summed E-state index contributed by atoms with van der Waals surface area (Å²) >= 11 is 1.79. The van der Waals surface area contributed by atoms with Gasteiger partial charge in [-0.1, -0.05) is 6.92 Å². The normalized spacial score (nSPS) is 20.3. The fraction of sp³-hybridized carbons (Fsp3) is 0.625. The topological polar surface area (TPSA) is 40.6 Å². The molecule has 1 aromatic heterocycles. The first kappa shape index (κ1) is 14.6. The molecular formula is C16H22N2O2S. The molecule has 0 N–H and O–H groups in total. The first-order valence-electron chi connectivity index (χ1n) is 7.84. The van der Waals surface area contributed by atoms with E-state index in [9.17, 15) is 9.59 Å². The van der Waals surface area contributed by atoms with Gasteiger partial charge < -0.3 is 9.80 Å². The molecule has 0 aromatic carbocycles. The highest BCUT2D eigenvalue weighted by Gasteiger charge is 2.34. The number of hydrogen-bond donors (Lipinski definition) is 0. The zero-order valence-corrected chi connectivity index (χ0v) is 13.3. The van der Waals surface area contributed by atoms with E-state index >= 15 is 0 Å². The summed E-state index contributed by atoms with van der Waals surface area (Å²) in [4.78, 5) is 30.0. The van der Waals surface area contributed by atoms with Gasteiger partial charge in [-0.05, 0) is 42.7 Å². The standard InChI is InChI=1S/C16H22N2O2S/c1-2-13(18-9-4-6-15(18)19)16(20)17-8-3-5-14-12(11-17)7-10-21-14/h7,10,13H,2-6,8-9,11H2,1H3/t13-/m1/s1. The Kier molecular flexibility index (Phi) is 4.29. The SMILES string of the molecule is CC[C@H](C(=O)N1CCCc2sccc2C1)N1CCCC1=O. The van der Waals surface area contributed by atoms with Crippen LogP contribution in [0.3, 0.4) is 0 Å². The van der Waals surface area contributed by atoms with Crippen LogP contribution in [0.5, 0.6) is 0 Å². The van der Waals surface area contributed by atoms with Crippen molar-refractivity contribution in [1.29, 1.82) is 0 Å². The summed E-state index contributed by atoms with van der Waals surface area (Å²) in [6, 6.07) is 1.87. The number of rotatable bonds is 3. The second-order valence-electron chi connectivity index (χ2n) is 5.85. The molecule has 1 aromatic rings. The predicted octanol–water partition coefficient (Wildman–Crippen LogP) is 2.42. The highest BCUT2D eigenvalue weighted by Crippen LogP contribution is 2.25. The molecule has 0 unspecified atom stereocenters. The number of carbonyl (C=O) groups excluding carboxylic acids is 2. The molecule has 0 radical (unpaired) electrons. The van der Waals surface area contributed by atoms with E-state index in [0.29, 0.717) is 19.4 Å². The first-order chi connectivity index (χ1) is 10.2. The quantitative estimate of drug-likeness (QED) is 0.860. The molecule has 4 nitrogen and oxygen atoms in total. The lowest BCUT2D eigenvalue weighted by Gasteiger charge is -2.31. The zero-order chi connectivity index (χ0) is 14.8. The summed E-state index contributed by atoms with van der Waals surface area (Å²) in [7, 11) is 0. The van der Waals surface area contributed by atoms with Crippen LogP contribution in [-0.2, 0) is 22.6 Å². The van der Waals surface area contributed by atoms with Gasteiger partial charge in [0, 0.05) is 30.9 Å². The van der Waals surface area contributed by atoms with Crippen molar-refractivity contribution in [2.75, 3.05) is 13.1 Å². The van der Waals surface area contributed by atoms with Gasteiger partial charge in [-0.25, -0.2) is 0 Å². The minimum atomic E-state index is -0.264. The van der Waals surface area contributed by atoms with Crippen LogP contribution in [0.2, 0.25) is 0 Å². The molecule has 5 heteroatoms. The summed E-state index contributed by atoms with van der Waals surface area (Å²) in [5.74, 6) is 0.271. The zero-order valence-electron chi connectivity index (χ0n) is 12.5. The van der Waals surface area contributed by atoms with Gasteiger partial charge in [0.25, 0.3) is 0 Å².